The van der Waals surface area contributed by atoms with Crippen LogP contribution in [0.5, 0.6) is 0 Å². The number of rotatable bonds is 3. The van der Waals surface area contributed by atoms with Crippen LogP contribution >= 0.6 is 0 Å². The largest absolute Gasteiger partial charge is 0.322 e. The molecular weight excluding hydrogens is 369 g/mol. The molecule has 1 amide bonds. The van der Waals surface area contributed by atoms with E-state index in [1.54, 1.807) is 12.1 Å². The van der Waals surface area contributed by atoms with Crippen molar-refractivity contribution in [2.24, 2.45) is 0 Å². The quantitative estimate of drug-likeness (QED) is 0.827. The van der Waals surface area contributed by atoms with Crippen LogP contribution in [0.2, 0.25) is 0 Å². The molecule has 9 heteroatoms. The predicted molar refractivity (Wildman–Crippen MR) is 91.2 cm³/mol. The summed E-state index contributed by atoms with van der Waals surface area (Å²) in [4.78, 5) is 12.1. The average molecular weight is 384 g/mol. The summed E-state index contributed by atoms with van der Waals surface area (Å²) in [5, 5.41) is 2.41. The summed E-state index contributed by atoms with van der Waals surface area (Å²) in [6, 6.07) is 6.13. The highest BCUT2D eigenvalue weighted by molar-refractivity contribution is 7.92. The number of carbonyl (C=O) groups excluding carboxylic acids is 1. The number of sulfonamides is 1. The Balaban J connectivity index is 1.88. The minimum Gasteiger partial charge on any atom is -0.322 e. The van der Waals surface area contributed by atoms with Gasteiger partial charge in [-0.25, -0.2) is 21.6 Å². The standard InChI is InChI=1S/C17H15F3N2O3S/c1-26(24,25)22-8-2-3-10-9-11(4-7-14(10)22)21-17(23)12-5-6-13(18)16(20)15(12)19/h4-7,9H,2-3,8H2,1H3,(H,21,23). The van der Waals surface area contributed by atoms with E-state index < -0.39 is 38.9 Å². The summed E-state index contributed by atoms with van der Waals surface area (Å²) >= 11 is 0. The van der Waals surface area contributed by atoms with Crippen LogP contribution in [0, 0.1) is 17.5 Å². The molecule has 1 aliphatic heterocycles. The summed E-state index contributed by atoms with van der Waals surface area (Å²) in [5.41, 5.74) is 0.911. The fourth-order valence-corrected chi connectivity index (χ4v) is 3.88. The van der Waals surface area contributed by atoms with Gasteiger partial charge in [-0.05, 0) is 48.7 Å². The summed E-state index contributed by atoms with van der Waals surface area (Å²) < 4.78 is 64.9. The highest BCUT2D eigenvalue weighted by atomic mass is 32.2. The van der Waals surface area contributed by atoms with E-state index in [-0.39, 0.29) is 0 Å². The van der Waals surface area contributed by atoms with E-state index in [0.717, 1.165) is 12.3 Å². The Morgan fingerprint density at radius 3 is 2.54 bits per heavy atom. The number of fused-ring (bicyclic) bond motifs is 1. The zero-order valence-corrected chi connectivity index (χ0v) is 14.5. The molecule has 1 heterocycles. The van der Waals surface area contributed by atoms with Gasteiger partial charge in [-0.3, -0.25) is 9.10 Å². The van der Waals surface area contributed by atoms with E-state index >= 15 is 0 Å². The monoisotopic (exact) mass is 384 g/mol. The van der Waals surface area contributed by atoms with Crippen LogP contribution in [0.25, 0.3) is 0 Å². The second-order valence-electron chi connectivity index (χ2n) is 5.96. The van der Waals surface area contributed by atoms with Gasteiger partial charge in [-0.15, -0.1) is 0 Å². The van der Waals surface area contributed by atoms with Crippen LogP contribution in [-0.2, 0) is 16.4 Å². The number of nitrogens with zero attached hydrogens (tertiary/aromatic N) is 1. The van der Waals surface area contributed by atoms with Gasteiger partial charge in [0.05, 0.1) is 17.5 Å². The molecule has 3 rings (SSSR count). The van der Waals surface area contributed by atoms with Crippen molar-refractivity contribution in [2.45, 2.75) is 12.8 Å². The maximum atomic E-state index is 13.7. The highest BCUT2D eigenvalue weighted by Gasteiger charge is 2.24. The van der Waals surface area contributed by atoms with Crippen molar-refractivity contribution in [3.63, 3.8) is 0 Å². The molecule has 5 nitrogen and oxygen atoms in total. The molecular formula is C17H15F3N2O3S. The molecule has 2 aromatic rings. The van der Waals surface area contributed by atoms with Crippen LogP contribution in [0.4, 0.5) is 24.5 Å². The van der Waals surface area contributed by atoms with Crippen LogP contribution in [0.15, 0.2) is 30.3 Å². The molecule has 2 aromatic carbocycles. The van der Waals surface area contributed by atoms with Gasteiger partial charge in [-0.1, -0.05) is 0 Å². The molecule has 1 N–H and O–H groups in total. The summed E-state index contributed by atoms with van der Waals surface area (Å²) in [6.07, 6.45) is 2.35. The van der Waals surface area contributed by atoms with Gasteiger partial charge in [-0.2, -0.15) is 0 Å². The molecule has 0 atom stereocenters. The van der Waals surface area contributed by atoms with Crippen molar-refractivity contribution in [1.82, 2.24) is 0 Å². The number of anilines is 2. The van der Waals surface area contributed by atoms with Crippen molar-refractivity contribution in [2.75, 3.05) is 22.4 Å². The highest BCUT2D eigenvalue weighted by Crippen LogP contribution is 2.31. The lowest BCUT2D eigenvalue weighted by molar-refractivity contribution is 0.102. The van der Waals surface area contributed by atoms with Gasteiger partial charge in [0.25, 0.3) is 5.91 Å². The van der Waals surface area contributed by atoms with Gasteiger partial charge in [0.1, 0.15) is 0 Å². The summed E-state index contributed by atoms with van der Waals surface area (Å²) in [7, 11) is -3.41. The molecule has 0 aromatic heterocycles. The molecule has 1 aliphatic rings. The zero-order chi connectivity index (χ0) is 19.1. The number of hydrogen-bond donors (Lipinski definition) is 1. The van der Waals surface area contributed by atoms with Gasteiger partial charge in [0, 0.05) is 12.2 Å². The first-order chi connectivity index (χ1) is 12.2. The Labute approximate surface area is 148 Å². The van der Waals surface area contributed by atoms with Crippen molar-refractivity contribution in [3.8, 4) is 0 Å². The van der Waals surface area contributed by atoms with E-state index in [1.807, 2.05) is 0 Å². The molecule has 0 saturated carbocycles. The van der Waals surface area contributed by atoms with Crippen LogP contribution < -0.4 is 9.62 Å². The van der Waals surface area contributed by atoms with E-state index in [2.05, 4.69) is 5.32 Å². The Morgan fingerprint density at radius 2 is 1.85 bits per heavy atom. The first-order valence-electron chi connectivity index (χ1n) is 7.74. The number of amides is 1. The van der Waals surface area contributed by atoms with Crippen LogP contribution in [0.1, 0.15) is 22.3 Å². The third-order valence-corrected chi connectivity index (χ3v) is 5.27. The molecule has 0 fully saturated rings. The Hall–Kier alpha value is -2.55. The van der Waals surface area contributed by atoms with Crippen LogP contribution in [-0.4, -0.2) is 27.1 Å². The van der Waals surface area contributed by atoms with Gasteiger partial charge in [0.2, 0.25) is 10.0 Å². The van der Waals surface area contributed by atoms with Crippen molar-refractivity contribution >= 4 is 27.3 Å². The third-order valence-electron chi connectivity index (χ3n) is 4.09. The van der Waals surface area contributed by atoms with Crippen molar-refractivity contribution in [1.29, 1.82) is 0 Å². The number of hydrogen-bond acceptors (Lipinski definition) is 3. The second-order valence-corrected chi connectivity index (χ2v) is 7.87. The van der Waals surface area contributed by atoms with E-state index in [4.69, 9.17) is 0 Å². The number of benzene rings is 2. The Kier molecular flexibility index (Phi) is 4.66. The fraction of sp³-hybridized carbons (Fsp3) is 0.235. The number of carbonyl (C=O) groups is 1. The van der Waals surface area contributed by atoms with Crippen LogP contribution in [0.3, 0.4) is 0 Å². The average Bonchev–Trinajstić information content (AvgIpc) is 2.58. The summed E-state index contributed by atoms with van der Waals surface area (Å²) in [6.45, 7) is 0.373. The molecule has 0 aliphatic carbocycles. The molecule has 26 heavy (non-hydrogen) atoms. The Bertz CT molecular complexity index is 993. The molecule has 0 bridgehead atoms. The van der Waals surface area contributed by atoms with Gasteiger partial charge >= 0.3 is 0 Å². The van der Waals surface area contributed by atoms with Gasteiger partial charge < -0.3 is 5.32 Å². The summed E-state index contributed by atoms with van der Waals surface area (Å²) in [5.74, 6) is -5.60. The number of aryl methyl sites for hydroxylation is 1. The lowest BCUT2D eigenvalue weighted by atomic mass is 10.0. The smallest absolute Gasteiger partial charge is 0.258 e. The third kappa shape index (κ3) is 3.39. The SMILES string of the molecule is CS(=O)(=O)N1CCCc2cc(NC(=O)c3ccc(F)c(F)c3F)ccc21. The maximum absolute atomic E-state index is 13.7. The fourth-order valence-electron chi connectivity index (χ4n) is 2.88. The van der Waals surface area contributed by atoms with E-state index in [9.17, 15) is 26.4 Å². The maximum Gasteiger partial charge on any atom is 0.258 e. The first-order valence-corrected chi connectivity index (χ1v) is 9.59. The van der Waals surface area contributed by atoms with Crippen molar-refractivity contribution < 1.29 is 26.4 Å². The van der Waals surface area contributed by atoms with E-state index in [0.29, 0.717) is 42.4 Å². The normalized spacial score (nSPS) is 14.1. The molecule has 0 unspecified atom stereocenters. The lowest BCUT2D eigenvalue weighted by Crippen LogP contribution is -2.34. The topological polar surface area (TPSA) is 66.5 Å². The minimum atomic E-state index is -3.41. The molecule has 138 valence electrons. The van der Waals surface area contributed by atoms with Crippen molar-refractivity contribution in [3.05, 3.63) is 58.9 Å². The minimum absolute atomic E-state index is 0.299. The lowest BCUT2D eigenvalue weighted by Gasteiger charge is -2.29. The first kappa shape index (κ1) is 18.2. The van der Waals surface area contributed by atoms with Gasteiger partial charge in [0.15, 0.2) is 17.5 Å². The predicted octanol–water partition coefficient (Wildman–Crippen LogP) is 3.07. The molecule has 0 spiro atoms. The zero-order valence-electron chi connectivity index (χ0n) is 13.7. The number of halogens is 3. The molecule has 0 saturated heterocycles. The second kappa shape index (κ2) is 6.64. The Morgan fingerprint density at radius 1 is 1.12 bits per heavy atom. The van der Waals surface area contributed by atoms with E-state index in [1.165, 1.54) is 10.4 Å². The molecule has 0 radical (unpaired) electrons. The number of nitrogens with one attached hydrogen (secondary N) is 1.